The molecule has 0 saturated carbocycles. The molecule has 0 atom stereocenters. The van der Waals surface area contributed by atoms with Crippen LogP contribution in [-0.2, 0) is 11.3 Å². The van der Waals surface area contributed by atoms with Gasteiger partial charge >= 0.3 is 0 Å². The molecule has 0 fully saturated rings. The van der Waals surface area contributed by atoms with Gasteiger partial charge in [0.15, 0.2) is 0 Å². The predicted octanol–water partition coefficient (Wildman–Crippen LogP) is 3.15. The van der Waals surface area contributed by atoms with Crippen LogP contribution in [0.25, 0.3) is 0 Å². The van der Waals surface area contributed by atoms with E-state index < -0.39 is 11.6 Å². The second kappa shape index (κ2) is 7.53. The Labute approximate surface area is 125 Å². The highest BCUT2D eigenvalue weighted by molar-refractivity contribution is 7.99. The van der Waals surface area contributed by atoms with E-state index in [0.717, 1.165) is 11.8 Å². The molecule has 4 nitrogen and oxygen atoms in total. The summed E-state index contributed by atoms with van der Waals surface area (Å²) in [6.07, 6.45) is 1.44. The van der Waals surface area contributed by atoms with E-state index in [2.05, 4.69) is 10.3 Å². The van der Waals surface area contributed by atoms with Crippen LogP contribution >= 0.6 is 11.8 Å². The fourth-order valence-electron chi connectivity index (χ4n) is 1.69. The molecule has 0 aliphatic carbocycles. The Morgan fingerprint density at radius 2 is 2.05 bits per heavy atom. The van der Waals surface area contributed by atoms with Crippen molar-refractivity contribution in [3.63, 3.8) is 0 Å². The van der Waals surface area contributed by atoms with Gasteiger partial charge in [-0.05, 0) is 36.4 Å². The number of nitrogens with zero attached hydrogens (tertiary/aromatic N) is 1. The number of aryl methyl sites for hydroxylation is 1. The molecule has 0 amide bonds. The number of benzene rings is 1. The van der Waals surface area contributed by atoms with E-state index in [4.69, 9.17) is 9.15 Å². The first-order chi connectivity index (χ1) is 10.1. The lowest BCUT2D eigenvalue weighted by atomic mass is 10.2. The first-order valence-electron chi connectivity index (χ1n) is 6.37. The monoisotopic (exact) mass is 314 g/mol. The van der Waals surface area contributed by atoms with E-state index in [1.807, 2.05) is 0 Å². The first-order valence-corrected chi connectivity index (χ1v) is 7.19. The van der Waals surface area contributed by atoms with Crippen LogP contribution < -0.4 is 5.32 Å². The summed E-state index contributed by atoms with van der Waals surface area (Å²) >= 11 is 0.834. The van der Waals surface area contributed by atoms with Crippen molar-refractivity contribution in [2.45, 2.75) is 23.6 Å². The molecular weight excluding hydrogens is 298 g/mol. The average molecular weight is 314 g/mol. The van der Waals surface area contributed by atoms with Gasteiger partial charge in [0.1, 0.15) is 17.9 Å². The summed E-state index contributed by atoms with van der Waals surface area (Å²) in [4.78, 5) is 3.90. The molecule has 0 unspecified atom stereocenters. The van der Waals surface area contributed by atoms with E-state index in [-0.39, 0.29) is 10.1 Å². The van der Waals surface area contributed by atoms with Crippen LogP contribution in [-0.4, -0.2) is 25.2 Å². The number of hydrogen-bond donors (Lipinski definition) is 1. The van der Waals surface area contributed by atoms with Crippen LogP contribution in [0.5, 0.6) is 0 Å². The van der Waals surface area contributed by atoms with Crippen molar-refractivity contribution in [1.29, 1.82) is 0 Å². The van der Waals surface area contributed by atoms with Crippen LogP contribution in [0.2, 0.25) is 0 Å². The van der Waals surface area contributed by atoms with E-state index in [0.29, 0.717) is 31.0 Å². The second-order valence-electron chi connectivity index (χ2n) is 4.42. The van der Waals surface area contributed by atoms with Crippen molar-refractivity contribution in [1.82, 2.24) is 10.3 Å². The second-order valence-corrected chi connectivity index (χ2v) is 5.38. The fraction of sp³-hybridized carbons (Fsp3) is 0.357. The molecule has 1 heterocycles. The minimum absolute atomic E-state index is 0.113. The Morgan fingerprint density at radius 1 is 1.33 bits per heavy atom. The van der Waals surface area contributed by atoms with Crippen LogP contribution in [0.3, 0.4) is 0 Å². The molecule has 2 rings (SSSR count). The van der Waals surface area contributed by atoms with E-state index >= 15 is 0 Å². The van der Waals surface area contributed by atoms with Gasteiger partial charge in [0.2, 0.25) is 0 Å². The number of oxazole rings is 1. The van der Waals surface area contributed by atoms with Gasteiger partial charge in [-0.1, -0.05) is 0 Å². The van der Waals surface area contributed by atoms with E-state index in [1.54, 1.807) is 14.0 Å². The molecule has 1 N–H and O–H groups in total. The zero-order chi connectivity index (χ0) is 15.2. The number of methoxy groups -OCH3 is 1. The molecular formula is C14H16F2N2O2S. The third-order valence-electron chi connectivity index (χ3n) is 2.66. The van der Waals surface area contributed by atoms with Crippen LogP contribution in [0, 0.1) is 18.6 Å². The smallest absolute Gasteiger partial charge is 0.260 e. The molecule has 1 aromatic carbocycles. The summed E-state index contributed by atoms with van der Waals surface area (Å²) in [5, 5.41) is 3.25. The van der Waals surface area contributed by atoms with Crippen LogP contribution in [0.4, 0.5) is 8.78 Å². The van der Waals surface area contributed by atoms with Crippen molar-refractivity contribution in [3.05, 3.63) is 41.3 Å². The summed E-state index contributed by atoms with van der Waals surface area (Å²) in [7, 11) is 1.59. The van der Waals surface area contributed by atoms with Crippen molar-refractivity contribution in [2.75, 3.05) is 20.3 Å². The molecule has 21 heavy (non-hydrogen) atoms. The Kier molecular flexibility index (Phi) is 5.72. The molecule has 2 aromatic rings. The minimum Gasteiger partial charge on any atom is -0.439 e. The molecule has 7 heteroatoms. The normalized spacial score (nSPS) is 11.0. The highest BCUT2D eigenvalue weighted by Gasteiger charge is 2.15. The quantitative estimate of drug-likeness (QED) is 0.796. The maximum atomic E-state index is 14.0. The highest BCUT2D eigenvalue weighted by atomic mass is 32.2. The maximum absolute atomic E-state index is 14.0. The van der Waals surface area contributed by atoms with E-state index in [1.165, 1.54) is 18.4 Å². The predicted molar refractivity (Wildman–Crippen MR) is 75.3 cm³/mol. The van der Waals surface area contributed by atoms with Gasteiger partial charge in [-0.15, -0.1) is 0 Å². The lowest BCUT2D eigenvalue weighted by Gasteiger charge is -2.07. The number of hydrogen-bond acceptors (Lipinski definition) is 5. The van der Waals surface area contributed by atoms with Gasteiger partial charge in [0, 0.05) is 20.2 Å². The largest absolute Gasteiger partial charge is 0.439 e. The average Bonchev–Trinajstić information content (AvgIpc) is 2.85. The third-order valence-corrected chi connectivity index (χ3v) is 3.61. The van der Waals surface area contributed by atoms with Gasteiger partial charge in [0.05, 0.1) is 17.2 Å². The Bertz CT molecular complexity index is 581. The summed E-state index contributed by atoms with van der Waals surface area (Å²) < 4.78 is 38.0. The van der Waals surface area contributed by atoms with Crippen LogP contribution in [0.1, 0.15) is 11.3 Å². The van der Waals surface area contributed by atoms with Crippen LogP contribution in [0.15, 0.2) is 32.9 Å². The number of nitrogens with one attached hydrogen (secondary N) is 1. The molecule has 0 saturated heterocycles. The Morgan fingerprint density at radius 3 is 2.62 bits per heavy atom. The maximum Gasteiger partial charge on any atom is 0.260 e. The van der Waals surface area contributed by atoms with Crippen molar-refractivity contribution < 1.29 is 17.9 Å². The Balaban J connectivity index is 2.06. The van der Waals surface area contributed by atoms with Crippen molar-refractivity contribution >= 4 is 11.8 Å². The molecule has 114 valence electrons. The summed E-state index contributed by atoms with van der Waals surface area (Å²) in [5.41, 5.74) is 1.20. The van der Waals surface area contributed by atoms with Gasteiger partial charge in [-0.3, -0.25) is 0 Å². The third kappa shape index (κ3) is 4.52. The SMILES string of the molecule is COCCNCc1cc(F)c(Sc2nc(C)co2)c(F)c1. The summed E-state index contributed by atoms with van der Waals surface area (Å²) in [6, 6.07) is 2.61. The van der Waals surface area contributed by atoms with Gasteiger partial charge in [-0.2, -0.15) is 0 Å². The molecule has 0 spiro atoms. The standard InChI is InChI=1S/C14H16F2N2O2S/c1-9-8-20-14(18-9)21-13-11(15)5-10(6-12(13)16)7-17-3-4-19-2/h5-6,8,17H,3-4,7H2,1-2H3. The zero-order valence-electron chi connectivity index (χ0n) is 11.8. The van der Waals surface area contributed by atoms with Crippen molar-refractivity contribution in [3.8, 4) is 0 Å². The van der Waals surface area contributed by atoms with Gasteiger partial charge < -0.3 is 14.5 Å². The first kappa shape index (κ1) is 15.9. The summed E-state index contributed by atoms with van der Waals surface area (Å²) in [5.74, 6) is -1.25. The number of ether oxygens (including phenoxy) is 1. The Hall–Kier alpha value is -1.44. The lowest BCUT2D eigenvalue weighted by molar-refractivity contribution is 0.199. The molecule has 0 aliphatic heterocycles. The van der Waals surface area contributed by atoms with E-state index in [9.17, 15) is 8.78 Å². The topological polar surface area (TPSA) is 47.3 Å². The molecule has 1 aromatic heterocycles. The molecule has 0 radical (unpaired) electrons. The molecule has 0 aliphatic rings. The van der Waals surface area contributed by atoms with Gasteiger partial charge in [-0.25, -0.2) is 13.8 Å². The number of aromatic nitrogens is 1. The number of halogens is 2. The van der Waals surface area contributed by atoms with Gasteiger partial charge in [0.25, 0.3) is 5.22 Å². The lowest BCUT2D eigenvalue weighted by Crippen LogP contribution is -2.18. The highest BCUT2D eigenvalue weighted by Crippen LogP contribution is 2.32. The molecule has 0 bridgehead atoms. The fourth-order valence-corrected chi connectivity index (χ4v) is 2.46. The number of rotatable bonds is 7. The van der Waals surface area contributed by atoms with Crippen molar-refractivity contribution in [2.24, 2.45) is 0 Å². The summed E-state index contributed by atoms with van der Waals surface area (Å²) in [6.45, 7) is 3.28. The zero-order valence-corrected chi connectivity index (χ0v) is 12.6. The minimum atomic E-state index is -0.626.